The Balaban J connectivity index is 0.000000330. The maximum Gasteiger partial charge on any atom is 0.0700 e. The predicted octanol–water partition coefficient (Wildman–Crippen LogP) is 5.89. The van der Waals surface area contributed by atoms with Crippen LogP contribution in [0.3, 0.4) is 0 Å². The van der Waals surface area contributed by atoms with Crippen molar-refractivity contribution >= 4 is 6.08 Å². The second-order valence-corrected chi connectivity index (χ2v) is 8.51. The average molecular weight is 379 g/mol. The summed E-state index contributed by atoms with van der Waals surface area (Å²) in [6.45, 7) is 10.8. The fourth-order valence-corrected chi connectivity index (χ4v) is 4.41. The van der Waals surface area contributed by atoms with Gasteiger partial charge < -0.3 is 5.11 Å². The van der Waals surface area contributed by atoms with Crippen molar-refractivity contribution in [3.05, 3.63) is 65.5 Å². The van der Waals surface area contributed by atoms with Crippen molar-refractivity contribution in [2.24, 2.45) is 11.3 Å². The van der Waals surface area contributed by atoms with E-state index in [9.17, 15) is 0 Å². The van der Waals surface area contributed by atoms with E-state index in [0.717, 1.165) is 30.9 Å². The minimum atomic E-state index is 0.284. The number of allylic oxidation sites excluding steroid dienone is 2. The highest BCUT2D eigenvalue weighted by Gasteiger charge is 2.41. The zero-order valence-corrected chi connectivity index (χ0v) is 17.6. The summed E-state index contributed by atoms with van der Waals surface area (Å²) < 4.78 is 2.11. The number of fused-ring (bicyclic) bond motifs is 2. The number of aliphatic hydroxyl groups excluding tert-OH is 1. The van der Waals surface area contributed by atoms with Gasteiger partial charge in [0.05, 0.1) is 17.6 Å². The monoisotopic (exact) mass is 378 g/mol. The highest BCUT2D eigenvalue weighted by molar-refractivity contribution is 5.61. The molecule has 2 aromatic rings. The number of nitrogens with zero attached hydrogens (tertiary/aromatic N) is 2. The molecule has 1 aromatic heterocycles. The summed E-state index contributed by atoms with van der Waals surface area (Å²) >= 11 is 0. The van der Waals surface area contributed by atoms with E-state index >= 15 is 0 Å². The van der Waals surface area contributed by atoms with Gasteiger partial charge in [-0.25, -0.2) is 4.68 Å². The average Bonchev–Trinajstić information content (AvgIpc) is 3.09. The standard InChI is InChI=1S/C20H24N2.C5H10O/c1-14-7-9-18(10-8-14)22-19-11-17-6-4-5-15(2)20(17,3)12-16(19)13-21-22;1-2-3-4-5-6/h7-11,13,15H,4-6,12H2,1-3H3;2,6H,1,3-5H2. The summed E-state index contributed by atoms with van der Waals surface area (Å²) in [5, 5.41) is 12.8. The maximum atomic E-state index is 8.15. The Morgan fingerprint density at radius 2 is 2.07 bits per heavy atom. The van der Waals surface area contributed by atoms with Crippen LogP contribution >= 0.6 is 0 Å². The van der Waals surface area contributed by atoms with E-state index in [1.165, 1.54) is 36.1 Å². The van der Waals surface area contributed by atoms with E-state index in [-0.39, 0.29) is 6.61 Å². The molecule has 4 rings (SSSR count). The zero-order chi connectivity index (χ0) is 20.1. The lowest BCUT2D eigenvalue weighted by Crippen LogP contribution is -2.35. The Labute approximate surface area is 169 Å². The molecule has 1 heterocycles. The third-order valence-corrected chi connectivity index (χ3v) is 6.50. The van der Waals surface area contributed by atoms with Crippen molar-refractivity contribution in [1.29, 1.82) is 0 Å². The predicted molar refractivity (Wildman–Crippen MR) is 118 cm³/mol. The van der Waals surface area contributed by atoms with E-state index in [4.69, 9.17) is 5.11 Å². The Bertz CT molecular complexity index is 831. The van der Waals surface area contributed by atoms with Gasteiger partial charge in [0.1, 0.15) is 0 Å². The van der Waals surface area contributed by atoms with Crippen LogP contribution in [-0.2, 0) is 6.42 Å². The molecule has 2 aliphatic rings. The summed E-state index contributed by atoms with van der Waals surface area (Å²) in [7, 11) is 0. The molecule has 0 radical (unpaired) electrons. The van der Waals surface area contributed by atoms with Crippen LogP contribution in [0.1, 0.15) is 62.8 Å². The van der Waals surface area contributed by atoms with Crippen molar-refractivity contribution < 1.29 is 5.11 Å². The molecule has 0 saturated heterocycles. The molecule has 0 bridgehead atoms. The fraction of sp³-hybridized carbons (Fsp3) is 0.480. The minimum Gasteiger partial charge on any atom is -0.396 e. The molecule has 0 aliphatic heterocycles. The zero-order valence-electron chi connectivity index (χ0n) is 17.6. The highest BCUT2D eigenvalue weighted by Crippen LogP contribution is 2.50. The van der Waals surface area contributed by atoms with Gasteiger partial charge in [0.2, 0.25) is 0 Å². The molecule has 150 valence electrons. The molecule has 1 saturated carbocycles. The van der Waals surface area contributed by atoms with Crippen molar-refractivity contribution in [1.82, 2.24) is 9.78 Å². The third-order valence-electron chi connectivity index (χ3n) is 6.50. The van der Waals surface area contributed by atoms with Crippen molar-refractivity contribution in [2.45, 2.75) is 59.3 Å². The van der Waals surface area contributed by atoms with Gasteiger partial charge in [-0.1, -0.05) is 43.2 Å². The van der Waals surface area contributed by atoms with Crippen molar-refractivity contribution in [3.63, 3.8) is 0 Å². The first-order chi connectivity index (χ1) is 13.5. The number of aliphatic hydroxyl groups is 1. The topological polar surface area (TPSA) is 38.0 Å². The molecule has 3 nitrogen and oxygen atoms in total. The first kappa shape index (κ1) is 20.6. The normalized spacial score (nSPS) is 23.0. The first-order valence-electron chi connectivity index (χ1n) is 10.6. The number of aryl methyl sites for hydroxylation is 1. The third kappa shape index (κ3) is 4.15. The maximum absolute atomic E-state index is 8.15. The van der Waals surface area contributed by atoms with Gasteiger partial charge >= 0.3 is 0 Å². The molecule has 1 fully saturated rings. The van der Waals surface area contributed by atoms with E-state index < -0.39 is 0 Å². The van der Waals surface area contributed by atoms with Crippen LogP contribution in [0.4, 0.5) is 0 Å². The van der Waals surface area contributed by atoms with Crippen LogP contribution in [0.2, 0.25) is 0 Å². The molecule has 3 heteroatoms. The molecule has 2 atom stereocenters. The van der Waals surface area contributed by atoms with E-state index in [1.54, 1.807) is 11.6 Å². The lowest BCUT2D eigenvalue weighted by Gasteiger charge is -2.44. The van der Waals surface area contributed by atoms with Gasteiger partial charge in [-0.15, -0.1) is 6.58 Å². The quantitative estimate of drug-likeness (QED) is 0.532. The summed E-state index contributed by atoms with van der Waals surface area (Å²) in [5.74, 6) is 0.767. The molecule has 0 amide bonds. The largest absolute Gasteiger partial charge is 0.396 e. The number of aromatic nitrogens is 2. The molecular formula is C25H34N2O. The number of rotatable bonds is 4. The second-order valence-electron chi connectivity index (χ2n) is 8.51. The molecule has 2 unspecified atom stereocenters. The smallest absolute Gasteiger partial charge is 0.0700 e. The number of unbranched alkanes of at least 4 members (excludes halogenated alkanes) is 1. The van der Waals surface area contributed by atoms with Crippen LogP contribution in [0, 0.1) is 18.3 Å². The Morgan fingerprint density at radius 1 is 1.32 bits per heavy atom. The first-order valence-corrected chi connectivity index (χ1v) is 10.6. The minimum absolute atomic E-state index is 0.284. The van der Waals surface area contributed by atoms with Crippen LogP contribution in [0.15, 0.2) is 48.7 Å². The van der Waals surface area contributed by atoms with Gasteiger partial charge in [0.15, 0.2) is 0 Å². The molecule has 1 N–H and O–H groups in total. The summed E-state index contributed by atoms with van der Waals surface area (Å²) in [6, 6.07) is 8.65. The van der Waals surface area contributed by atoms with Gasteiger partial charge in [-0.3, -0.25) is 0 Å². The number of benzene rings is 1. The lowest BCUT2D eigenvalue weighted by atomic mass is 9.60. The van der Waals surface area contributed by atoms with Crippen LogP contribution in [-0.4, -0.2) is 21.5 Å². The SMILES string of the molecule is C=CCCCO.Cc1ccc(-n2ncc3c2C=C2CCCC(C)C2(C)C3)cc1. The Kier molecular flexibility index (Phi) is 6.56. The van der Waals surface area contributed by atoms with Gasteiger partial charge in [0.25, 0.3) is 0 Å². The summed E-state index contributed by atoms with van der Waals surface area (Å²) in [5.41, 5.74) is 7.12. The molecule has 1 aromatic carbocycles. The second kappa shape index (κ2) is 8.91. The van der Waals surface area contributed by atoms with E-state index in [0.29, 0.717) is 5.41 Å². The number of hydrogen-bond acceptors (Lipinski definition) is 2. The Morgan fingerprint density at radius 3 is 2.71 bits per heavy atom. The van der Waals surface area contributed by atoms with E-state index in [2.05, 4.69) is 73.7 Å². The van der Waals surface area contributed by atoms with Gasteiger partial charge in [0, 0.05) is 6.61 Å². The van der Waals surface area contributed by atoms with Gasteiger partial charge in [-0.2, -0.15) is 5.10 Å². The summed E-state index contributed by atoms with van der Waals surface area (Å²) in [4.78, 5) is 0. The molecule has 2 aliphatic carbocycles. The molecule has 0 spiro atoms. The van der Waals surface area contributed by atoms with Crippen LogP contribution in [0.25, 0.3) is 11.8 Å². The lowest BCUT2D eigenvalue weighted by molar-refractivity contribution is 0.199. The van der Waals surface area contributed by atoms with Crippen molar-refractivity contribution in [2.75, 3.05) is 6.61 Å². The van der Waals surface area contributed by atoms with Gasteiger partial charge in [-0.05, 0) is 80.6 Å². The molecular weight excluding hydrogens is 344 g/mol. The molecule has 28 heavy (non-hydrogen) atoms. The highest BCUT2D eigenvalue weighted by atomic mass is 16.2. The van der Waals surface area contributed by atoms with Crippen LogP contribution in [0.5, 0.6) is 0 Å². The van der Waals surface area contributed by atoms with Crippen molar-refractivity contribution in [3.8, 4) is 5.69 Å². The number of hydrogen-bond donors (Lipinski definition) is 1. The summed E-state index contributed by atoms with van der Waals surface area (Å²) in [6.07, 6.45) is 13.2. The van der Waals surface area contributed by atoms with Crippen LogP contribution < -0.4 is 0 Å². The van der Waals surface area contributed by atoms with E-state index in [1.807, 2.05) is 0 Å². The fourth-order valence-electron chi connectivity index (χ4n) is 4.41. The Hall–Kier alpha value is -2.13.